The maximum atomic E-state index is 13.9. The van der Waals surface area contributed by atoms with Crippen LogP contribution in [0.1, 0.15) is 30.4 Å². The van der Waals surface area contributed by atoms with Gasteiger partial charge in [-0.1, -0.05) is 29.8 Å². The Kier molecular flexibility index (Phi) is 7.40. The van der Waals surface area contributed by atoms with Crippen molar-refractivity contribution in [2.45, 2.75) is 32.2 Å². The Morgan fingerprint density at radius 3 is 2.50 bits per heavy atom. The molecule has 3 rings (SSSR count). The molecule has 1 N–H and O–H groups in total. The summed E-state index contributed by atoms with van der Waals surface area (Å²) in [6, 6.07) is 11.2. The molecule has 0 atom stereocenters. The number of nitrogens with zero attached hydrogens (tertiary/aromatic N) is 1. The van der Waals surface area contributed by atoms with Gasteiger partial charge < -0.3 is 5.32 Å². The van der Waals surface area contributed by atoms with E-state index in [0.717, 1.165) is 44.3 Å². The molecule has 28 heavy (non-hydrogen) atoms. The average molecular weight is 407 g/mol. The van der Waals surface area contributed by atoms with Gasteiger partial charge in [-0.3, -0.25) is 9.69 Å². The number of halogens is 3. The van der Waals surface area contributed by atoms with Crippen molar-refractivity contribution in [1.29, 1.82) is 0 Å². The Bertz CT molecular complexity index is 790. The molecule has 2 aromatic rings. The summed E-state index contributed by atoms with van der Waals surface area (Å²) in [5, 5.41) is 3.41. The molecule has 0 bridgehead atoms. The molecule has 150 valence electrons. The highest BCUT2D eigenvalue weighted by molar-refractivity contribution is 6.30. The molecule has 0 radical (unpaired) electrons. The normalized spacial score (nSPS) is 15.5. The zero-order chi connectivity index (χ0) is 19.9. The van der Waals surface area contributed by atoms with Gasteiger partial charge in [0.2, 0.25) is 5.91 Å². The van der Waals surface area contributed by atoms with Gasteiger partial charge in [-0.15, -0.1) is 0 Å². The summed E-state index contributed by atoms with van der Waals surface area (Å²) in [4.78, 5) is 14.5. The third kappa shape index (κ3) is 6.01. The number of amides is 1. The number of likely N-dealkylation sites (tertiary alicyclic amines) is 1. The summed E-state index contributed by atoms with van der Waals surface area (Å²) >= 11 is 5.79. The molecular formula is C22H25ClF2N2O. The number of carbonyl (C=O) groups excluding carboxylic acids is 1. The molecule has 0 aromatic heterocycles. The lowest BCUT2D eigenvalue weighted by Gasteiger charge is -2.31. The second-order valence-corrected chi connectivity index (χ2v) is 7.74. The Morgan fingerprint density at radius 1 is 1.11 bits per heavy atom. The fourth-order valence-corrected chi connectivity index (χ4v) is 3.70. The maximum absolute atomic E-state index is 13.9. The first-order valence-electron chi connectivity index (χ1n) is 9.69. The second-order valence-electron chi connectivity index (χ2n) is 7.31. The van der Waals surface area contributed by atoms with Gasteiger partial charge in [-0.05, 0) is 68.6 Å². The summed E-state index contributed by atoms with van der Waals surface area (Å²) in [7, 11) is 0. The van der Waals surface area contributed by atoms with Gasteiger partial charge in [0, 0.05) is 29.6 Å². The topological polar surface area (TPSA) is 32.3 Å². The van der Waals surface area contributed by atoms with Crippen LogP contribution in [0.2, 0.25) is 5.02 Å². The minimum atomic E-state index is -0.284. The molecule has 0 unspecified atom stereocenters. The molecule has 6 heteroatoms. The molecule has 1 aliphatic rings. The van der Waals surface area contributed by atoms with E-state index < -0.39 is 0 Å². The number of hydrogen-bond donors (Lipinski definition) is 1. The van der Waals surface area contributed by atoms with Crippen molar-refractivity contribution < 1.29 is 13.6 Å². The van der Waals surface area contributed by atoms with E-state index in [2.05, 4.69) is 10.2 Å². The molecule has 2 aromatic carbocycles. The molecule has 3 nitrogen and oxygen atoms in total. The minimum Gasteiger partial charge on any atom is -0.356 e. The van der Waals surface area contributed by atoms with Crippen LogP contribution in [0.3, 0.4) is 0 Å². The molecule has 1 aliphatic heterocycles. The summed E-state index contributed by atoms with van der Waals surface area (Å²) in [6.45, 7) is 2.70. The fraction of sp³-hybridized carbons (Fsp3) is 0.409. The molecule has 1 saturated heterocycles. The van der Waals surface area contributed by atoms with Crippen molar-refractivity contribution in [2.24, 2.45) is 5.92 Å². The van der Waals surface area contributed by atoms with Gasteiger partial charge in [-0.2, -0.15) is 0 Å². The predicted octanol–water partition coefficient (Wildman–Crippen LogP) is 4.58. The van der Waals surface area contributed by atoms with E-state index in [1.807, 2.05) is 0 Å². The zero-order valence-corrected chi connectivity index (χ0v) is 16.5. The van der Waals surface area contributed by atoms with E-state index in [1.165, 1.54) is 18.2 Å². The number of hydrogen-bond acceptors (Lipinski definition) is 2. The summed E-state index contributed by atoms with van der Waals surface area (Å²) in [5.41, 5.74) is 1.70. The largest absolute Gasteiger partial charge is 0.356 e. The Labute approximate surface area is 169 Å². The van der Waals surface area contributed by atoms with Gasteiger partial charge in [0.25, 0.3) is 0 Å². The van der Waals surface area contributed by atoms with Crippen LogP contribution < -0.4 is 5.32 Å². The first kappa shape index (κ1) is 20.7. The monoisotopic (exact) mass is 406 g/mol. The lowest BCUT2D eigenvalue weighted by Crippen LogP contribution is -2.40. The number of nitrogens with one attached hydrogen (secondary N) is 1. The fourth-order valence-electron chi connectivity index (χ4n) is 3.54. The highest BCUT2D eigenvalue weighted by Crippen LogP contribution is 2.21. The molecule has 0 spiro atoms. The van der Waals surface area contributed by atoms with Crippen LogP contribution in [0.5, 0.6) is 0 Å². The van der Waals surface area contributed by atoms with Crippen LogP contribution in [-0.2, 0) is 17.8 Å². The van der Waals surface area contributed by atoms with E-state index in [9.17, 15) is 13.6 Å². The molecular weight excluding hydrogens is 382 g/mol. The summed E-state index contributed by atoms with van der Waals surface area (Å²) in [6.07, 6.45) is 3.19. The summed E-state index contributed by atoms with van der Waals surface area (Å²) < 4.78 is 26.8. The van der Waals surface area contributed by atoms with Crippen LogP contribution in [0.15, 0.2) is 42.5 Å². The van der Waals surface area contributed by atoms with Crippen LogP contribution in [0, 0.1) is 17.6 Å². The van der Waals surface area contributed by atoms with Gasteiger partial charge in [0.1, 0.15) is 11.6 Å². The SMILES string of the molecule is O=C(NCCCc1ccc(F)cc1)C1CCN(Cc2ccc(Cl)cc2F)CC1. The van der Waals surface area contributed by atoms with Crippen molar-refractivity contribution in [3.8, 4) is 0 Å². The lowest BCUT2D eigenvalue weighted by atomic mass is 9.95. The van der Waals surface area contributed by atoms with Crippen molar-refractivity contribution in [2.75, 3.05) is 19.6 Å². The molecule has 0 aliphatic carbocycles. The number of aryl methyl sites for hydroxylation is 1. The van der Waals surface area contributed by atoms with Crippen molar-refractivity contribution in [3.05, 3.63) is 70.2 Å². The lowest BCUT2D eigenvalue weighted by molar-refractivity contribution is -0.126. The molecule has 1 heterocycles. The highest BCUT2D eigenvalue weighted by atomic mass is 35.5. The van der Waals surface area contributed by atoms with Crippen molar-refractivity contribution >= 4 is 17.5 Å². The number of piperidine rings is 1. The van der Waals surface area contributed by atoms with Gasteiger partial charge in [0.05, 0.1) is 0 Å². The smallest absolute Gasteiger partial charge is 0.223 e. The van der Waals surface area contributed by atoms with E-state index >= 15 is 0 Å². The third-order valence-corrected chi connectivity index (χ3v) is 5.46. The Morgan fingerprint density at radius 2 is 1.82 bits per heavy atom. The van der Waals surface area contributed by atoms with Crippen molar-refractivity contribution in [3.63, 3.8) is 0 Å². The molecule has 1 fully saturated rings. The first-order valence-corrected chi connectivity index (χ1v) is 10.1. The first-order chi connectivity index (χ1) is 13.5. The number of rotatable bonds is 7. The van der Waals surface area contributed by atoms with Crippen LogP contribution >= 0.6 is 11.6 Å². The van der Waals surface area contributed by atoms with E-state index in [4.69, 9.17) is 11.6 Å². The second kappa shape index (κ2) is 9.99. The Balaban J connectivity index is 1.36. The average Bonchev–Trinajstić information content (AvgIpc) is 2.69. The molecule has 0 saturated carbocycles. The van der Waals surface area contributed by atoms with Crippen LogP contribution in [0.25, 0.3) is 0 Å². The maximum Gasteiger partial charge on any atom is 0.223 e. The van der Waals surface area contributed by atoms with Gasteiger partial charge in [0.15, 0.2) is 0 Å². The number of benzene rings is 2. The van der Waals surface area contributed by atoms with E-state index in [-0.39, 0.29) is 23.5 Å². The van der Waals surface area contributed by atoms with Crippen molar-refractivity contribution in [1.82, 2.24) is 10.2 Å². The number of carbonyl (C=O) groups is 1. The highest BCUT2D eigenvalue weighted by Gasteiger charge is 2.25. The molecule has 1 amide bonds. The zero-order valence-electron chi connectivity index (χ0n) is 15.8. The van der Waals surface area contributed by atoms with E-state index in [0.29, 0.717) is 23.7 Å². The van der Waals surface area contributed by atoms with Gasteiger partial charge >= 0.3 is 0 Å². The standard InChI is InChI=1S/C22H25ClF2N2O/c23-19-6-5-18(21(25)14-19)15-27-12-9-17(10-13-27)22(28)26-11-1-2-16-3-7-20(24)8-4-16/h3-8,14,17H,1-2,9-13,15H2,(H,26,28). The predicted molar refractivity (Wildman–Crippen MR) is 107 cm³/mol. The Hall–Kier alpha value is -1.98. The van der Waals surface area contributed by atoms with E-state index in [1.54, 1.807) is 24.3 Å². The van der Waals surface area contributed by atoms with Crippen LogP contribution in [0.4, 0.5) is 8.78 Å². The third-order valence-electron chi connectivity index (χ3n) is 5.22. The quantitative estimate of drug-likeness (QED) is 0.682. The summed E-state index contributed by atoms with van der Waals surface area (Å²) in [5.74, 6) is -0.413. The minimum absolute atomic E-state index is 0.0112. The van der Waals surface area contributed by atoms with Gasteiger partial charge in [-0.25, -0.2) is 8.78 Å². The van der Waals surface area contributed by atoms with Crippen LogP contribution in [-0.4, -0.2) is 30.4 Å².